The number of thiazole rings is 1. The largest absolute Gasteiger partial charge is 0.497 e. The highest BCUT2D eigenvalue weighted by molar-refractivity contribution is 9.10. The maximum absolute atomic E-state index is 13.9. The highest BCUT2D eigenvalue weighted by Gasteiger charge is 2.35. The molecule has 39 heavy (non-hydrogen) atoms. The maximum Gasteiger partial charge on any atom is 0.338 e. The van der Waals surface area contributed by atoms with Gasteiger partial charge in [0.05, 0.1) is 36.6 Å². The van der Waals surface area contributed by atoms with Crippen LogP contribution in [-0.4, -0.2) is 31.4 Å². The minimum Gasteiger partial charge on any atom is -0.497 e. The average Bonchev–Trinajstić information content (AvgIpc) is 3.52. The average molecular weight is 609 g/mol. The molecule has 0 radical (unpaired) electrons. The van der Waals surface area contributed by atoms with E-state index >= 15 is 0 Å². The van der Waals surface area contributed by atoms with E-state index in [9.17, 15) is 9.59 Å². The standard InChI is InChI=1S/C29H25BrN2O6S/c1-5-37-28(34)25-16(2)31-29-32(26(25)21-14-19(35-3)10-13-23(21)36-4)27(33)24(39-29)15-20-11-12-22(38-20)17-6-8-18(30)9-7-17/h6-15,26H,5H2,1-4H3/b24-15-. The number of aromatic nitrogens is 1. The number of furan rings is 1. The molecule has 0 N–H and O–H groups in total. The van der Waals surface area contributed by atoms with E-state index in [1.807, 2.05) is 36.4 Å². The first kappa shape index (κ1) is 26.7. The lowest BCUT2D eigenvalue weighted by molar-refractivity contribution is -0.139. The molecule has 2 aromatic carbocycles. The number of nitrogens with zero attached hydrogens (tertiary/aromatic N) is 2. The Bertz CT molecular complexity index is 1760. The van der Waals surface area contributed by atoms with Gasteiger partial charge in [0.15, 0.2) is 4.80 Å². The molecule has 0 fully saturated rings. The summed E-state index contributed by atoms with van der Waals surface area (Å²) in [5, 5.41) is 0. The van der Waals surface area contributed by atoms with Crippen LogP contribution in [0.5, 0.6) is 11.5 Å². The number of allylic oxidation sites excluding steroid dienone is 1. The fourth-order valence-electron chi connectivity index (χ4n) is 4.47. The van der Waals surface area contributed by atoms with Crippen LogP contribution < -0.4 is 24.4 Å². The van der Waals surface area contributed by atoms with E-state index in [0.717, 1.165) is 10.0 Å². The van der Waals surface area contributed by atoms with Crippen molar-refractivity contribution in [2.45, 2.75) is 19.9 Å². The van der Waals surface area contributed by atoms with Crippen molar-refractivity contribution in [1.82, 2.24) is 4.57 Å². The van der Waals surface area contributed by atoms with Crippen molar-refractivity contribution in [2.75, 3.05) is 20.8 Å². The molecule has 5 rings (SSSR count). The highest BCUT2D eigenvalue weighted by Crippen LogP contribution is 2.37. The van der Waals surface area contributed by atoms with Gasteiger partial charge in [-0.05, 0) is 56.3 Å². The van der Waals surface area contributed by atoms with Gasteiger partial charge in [-0.15, -0.1) is 0 Å². The Kier molecular flexibility index (Phi) is 7.58. The van der Waals surface area contributed by atoms with Crippen LogP contribution in [0.15, 0.2) is 84.5 Å². The molecule has 4 aromatic rings. The normalized spacial score (nSPS) is 15.1. The quantitative estimate of drug-likeness (QED) is 0.279. The van der Waals surface area contributed by atoms with Crippen molar-refractivity contribution < 1.29 is 23.4 Å². The summed E-state index contributed by atoms with van der Waals surface area (Å²) in [5.41, 5.74) is 1.91. The van der Waals surface area contributed by atoms with Crippen LogP contribution in [-0.2, 0) is 9.53 Å². The lowest BCUT2D eigenvalue weighted by Gasteiger charge is -2.26. The first-order chi connectivity index (χ1) is 18.8. The van der Waals surface area contributed by atoms with E-state index in [1.165, 1.54) is 23.0 Å². The maximum atomic E-state index is 13.9. The molecule has 1 atom stereocenters. The number of fused-ring (bicyclic) bond motifs is 1. The molecule has 0 saturated heterocycles. The Morgan fingerprint density at radius 2 is 1.90 bits per heavy atom. The number of ether oxygens (including phenoxy) is 3. The van der Waals surface area contributed by atoms with Gasteiger partial charge in [-0.1, -0.05) is 39.4 Å². The van der Waals surface area contributed by atoms with E-state index in [2.05, 4.69) is 20.9 Å². The van der Waals surface area contributed by atoms with Gasteiger partial charge < -0.3 is 18.6 Å². The van der Waals surface area contributed by atoms with Gasteiger partial charge in [0.2, 0.25) is 0 Å². The molecule has 1 aliphatic heterocycles. The molecule has 0 spiro atoms. The lowest BCUT2D eigenvalue weighted by atomic mass is 9.95. The Morgan fingerprint density at radius 3 is 2.59 bits per heavy atom. The van der Waals surface area contributed by atoms with Crippen molar-refractivity contribution in [1.29, 1.82) is 0 Å². The van der Waals surface area contributed by atoms with Crippen LogP contribution >= 0.6 is 27.3 Å². The summed E-state index contributed by atoms with van der Waals surface area (Å²) >= 11 is 4.66. The Morgan fingerprint density at radius 1 is 1.13 bits per heavy atom. The molecule has 0 amide bonds. The van der Waals surface area contributed by atoms with Gasteiger partial charge in [-0.2, -0.15) is 0 Å². The first-order valence-corrected chi connectivity index (χ1v) is 13.7. The Balaban J connectivity index is 1.68. The smallest absolute Gasteiger partial charge is 0.338 e. The van der Waals surface area contributed by atoms with Crippen molar-refractivity contribution in [3.63, 3.8) is 0 Å². The number of esters is 1. The number of hydrogen-bond acceptors (Lipinski definition) is 8. The summed E-state index contributed by atoms with van der Waals surface area (Å²) in [6.45, 7) is 3.65. The van der Waals surface area contributed by atoms with Crippen molar-refractivity contribution >= 4 is 39.3 Å². The van der Waals surface area contributed by atoms with Crippen LogP contribution in [0.25, 0.3) is 17.4 Å². The summed E-state index contributed by atoms with van der Waals surface area (Å²) < 4.78 is 25.4. The summed E-state index contributed by atoms with van der Waals surface area (Å²) in [6.07, 6.45) is 1.69. The topological polar surface area (TPSA) is 92.3 Å². The van der Waals surface area contributed by atoms with Crippen molar-refractivity contribution in [2.24, 2.45) is 4.99 Å². The third kappa shape index (κ3) is 5.09. The van der Waals surface area contributed by atoms with Gasteiger partial charge >= 0.3 is 5.97 Å². The molecular weight excluding hydrogens is 584 g/mol. The summed E-state index contributed by atoms with van der Waals surface area (Å²) in [5.74, 6) is 1.71. The number of halogens is 1. The number of carbonyl (C=O) groups is 1. The molecule has 1 aliphatic rings. The zero-order valence-corrected chi connectivity index (χ0v) is 24.1. The fraction of sp³-hybridized carbons (Fsp3) is 0.207. The fourth-order valence-corrected chi connectivity index (χ4v) is 5.76. The second kappa shape index (κ2) is 11.1. The van der Waals surface area contributed by atoms with Crippen LogP contribution in [0, 0.1) is 0 Å². The van der Waals surface area contributed by atoms with Gasteiger partial charge in [0.25, 0.3) is 5.56 Å². The number of rotatable bonds is 7. The van der Waals surface area contributed by atoms with E-state index in [0.29, 0.717) is 43.6 Å². The number of hydrogen-bond donors (Lipinski definition) is 0. The van der Waals surface area contributed by atoms with Gasteiger partial charge in [-0.3, -0.25) is 9.36 Å². The van der Waals surface area contributed by atoms with E-state index in [4.69, 9.17) is 18.6 Å². The van der Waals surface area contributed by atoms with Crippen molar-refractivity contribution in [3.8, 4) is 22.8 Å². The molecule has 3 heterocycles. The van der Waals surface area contributed by atoms with Crippen LogP contribution in [0.2, 0.25) is 0 Å². The minimum absolute atomic E-state index is 0.182. The molecular formula is C29H25BrN2O6S. The van der Waals surface area contributed by atoms with Gasteiger partial charge in [0.1, 0.15) is 29.1 Å². The zero-order valence-electron chi connectivity index (χ0n) is 21.7. The summed E-state index contributed by atoms with van der Waals surface area (Å²) in [7, 11) is 3.09. The number of carbonyl (C=O) groups excluding carboxylic acids is 1. The third-order valence-corrected chi connectivity index (χ3v) is 7.79. The van der Waals surface area contributed by atoms with Crippen LogP contribution in [0.3, 0.4) is 0 Å². The van der Waals surface area contributed by atoms with Gasteiger partial charge in [0, 0.05) is 21.7 Å². The predicted molar refractivity (Wildman–Crippen MR) is 152 cm³/mol. The molecule has 8 nitrogen and oxygen atoms in total. The number of benzene rings is 2. The SMILES string of the molecule is CCOC(=O)C1=C(C)N=c2s/c(=C\c3ccc(-c4ccc(Br)cc4)o3)c(=O)n2C1c1cc(OC)ccc1OC. The monoisotopic (exact) mass is 608 g/mol. The molecule has 0 aliphatic carbocycles. The summed E-state index contributed by atoms with van der Waals surface area (Å²) in [4.78, 5) is 32.1. The van der Waals surface area contributed by atoms with Crippen LogP contribution in [0.1, 0.15) is 31.2 Å². The molecule has 1 unspecified atom stereocenters. The minimum atomic E-state index is -0.831. The molecule has 200 valence electrons. The van der Waals surface area contributed by atoms with Gasteiger partial charge in [-0.25, -0.2) is 9.79 Å². The zero-order chi connectivity index (χ0) is 27.7. The van der Waals surface area contributed by atoms with E-state index in [1.54, 1.807) is 45.2 Å². The lowest BCUT2D eigenvalue weighted by Crippen LogP contribution is -2.40. The highest BCUT2D eigenvalue weighted by atomic mass is 79.9. The first-order valence-electron chi connectivity index (χ1n) is 12.1. The Labute approximate surface area is 236 Å². The molecule has 0 saturated carbocycles. The number of methoxy groups -OCH3 is 2. The van der Waals surface area contributed by atoms with E-state index < -0.39 is 12.0 Å². The second-order valence-electron chi connectivity index (χ2n) is 8.62. The molecule has 0 bridgehead atoms. The Hall–Kier alpha value is -3.89. The van der Waals surface area contributed by atoms with E-state index in [-0.39, 0.29) is 17.7 Å². The predicted octanol–water partition coefficient (Wildman–Crippen LogP) is 4.84. The molecule has 10 heteroatoms. The summed E-state index contributed by atoms with van der Waals surface area (Å²) in [6, 6.07) is 15.9. The second-order valence-corrected chi connectivity index (χ2v) is 10.5. The van der Waals surface area contributed by atoms with Crippen molar-refractivity contribution in [3.05, 3.63) is 101 Å². The molecule has 2 aromatic heterocycles. The van der Waals surface area contributed by atoms with Crippen LogP contribution in [0.4, 0.5) is 0 Å². The third-order valence-electron chi connectivity index (χ3n) is 6.28.